The van der Waals surface area contributed by atoms with Crippen LogP contribution in [0.15, 0.2) is 35.3 Å². The summed E-state index contributed by atoms with van der Waals surface area (Å²) in [6.07, 6.45) is 1.47. The van der Waals surface area contributed by atoms with Crippen molar-refractivity contribution >= 4 is 14.9 Å². The Bertz CT molecular complexity index is 463. The van der Waals surface area contributed by atoms with E-state index in [1.54, 1.807) is 0 Å². The highest BCUT2D eigenvalue weighted by Gasteiger charge is 2.22. The quantitative estimate of drug-likeness (QED) is 0.767. The third kappa shape index (κ3) is 2.45. The summed E-state index contributed by atoms with van der Waals surface area (Å²) in [6.45, 7) is 0.656. The summed E-state index contributed by atoms with van der Waals surface area (Å²) in [6, 6.07) is 9.23. The molecule has 0 bridgehead atoms. The molecule has 3 nitrogen and oxygen atoms in total. The monoisotopic (exact) mass is 223 g/mol. The van der Waals surface area contributed by atoms with Gasteiger partial charge in [0.25, 0.3) is 0 Å². The number of nitrogens with zero attached hydrogens (tertiary/aromatic N) is 1. The average molecular weight is 223 g/mol. The largest absolute Gasteiger partial charge is 0.278 e. The van der Waals surface area contributed by atoms with E-state index in [1.165, 1.54) is 0 Å². The summed E-state index contributed by atoms with van der Waals surface area (Å²) in [5, 5.41) is 0.381. The van der Waals surface area contributed by atoms with E-state index in [0.29, 0.717) is 18.0 Å². The van der Waals surface area contributed by atoms with Crippen LogP contribution in [0.4, 0.5) is 0 Å². The fraction of sp³-hybridized carbons (Fsp3) is 0.364. The Morgan fingerprint density at radius 2 is 1.93 bits per heavy atom. The van der Waals surface area contributed by atoms with Gasteiger partial charge in [0.05, 0.1) is 5.75 Å². The van der Waals surface area contributed by atoms with Gasteiger partial charge in [-0.2, -0.15) is 0 Å². The fourth-order valence-electron chi connectivity index (χ4n) is 1.64. The maximum absolute atomic E-state index is 11.9. The van der Waals surface area contributed by atoms with E-state index in [4.69, 9.17) is 0 Å². The molecule has 1 aliphatic rings. The Labute approximate surface area is 89.8 Å². The molecule has 0 saturated carbocycles. The first-order valence-corrected chi connectivity index (χ1v) is 6.64. The van der Waals surface area contributed by atoms with Crippen LogP contribution in [0.2, 0.25) is 0 Å². The second-order valence-electron chi connectivity index (χ2n) is 3.62. The molecule has 1 aromatic carbocycles. The molecule has 0 saturated heterocycles. The molecule has 4 heteroatoms. The number of hydrogen-bond acceptors (Lipinski definition) is 3. The number of rotatable bonds is 2. The number of hydrogen-bond donors (Lipinski definition) is 0. The Kier molecular flexibility index (Phi) is 2.86. The molecule has 0 unspecified atom stereocenters. The summed E-state index contributed by atoms with van der Waals surface area (Å²) in [5.41, 5.74) is 0.826. The molecule has 0 atom stereocenters. The molecule has 2 rings (SSSR count). The van der Waals surface area contributed by atoms with Gasteiger partial charge in [0, 0.05) is 13.0 Å². The zero-order valence-corrected chi connectivity index (χ0v) is 9.20. The van der Waals surface area contributed by atoms with Crippen LogP contribution in [0.1, 0.15) is 18.4 Å². The maximum Gasteiger partial charge on any atom is 0.195 e. The lowest BCUT2D eigenvalue weighted by Gasteiger charge is -2.03. The maximum atomic E-state index is 11.9. The molecule has 1 aliphatic heterocycles. The van der Waals surface area contributed by atoms with Gasteiger partial charge in [0.2, 0.25) is 0 Å². The first kappa shape index (κ1) is 10.4. The van der Waals surface area contributed by atoms with Crippen molar-refractivity contribution in [2.24, 2.45) is 4.99 Å². The lowest BCUT2D eigenvalue weighted by molar-refractivity contribution is 0.606. The highest BCUT2D eigenvalue weighted by molar-refractivity contribution is 8.05. The van der Waals surface area contributed by atoms with Crippen molar-refractivity contribution in [3.8, 4) is 0 Å². The van der Waals surface area contributed by atoms with Gasteiger partial charge in [-0.05, 0) is 12.0 Å². The average Bonchev–Trinajstić information content (AvgIpc) is 2.71. The SMILES string of the molecule is O=S(=O)(Cc1ccccc1)C1=NCCC1. The second-order valence-corrected chi connectivity index (χ2v) is 5.61. The van der Waals surface area contributed by atoms with E-state index in [0.717, 1.165) is 12.0 Å². The summed E-state index contributed by atoms with van der Waals surface area (Å²) < 4.78 is 23.7. The molecule has 1 heterocycles. The Morgan fingerprint density at radius 1 is 1.20 bits per heavy atom. The van der Waals surface area contributed by atoms with Crippen molar-refractivity contribution in [2.75, 3.05) is 6.54 Å². The Morgan fingerprint density at radius 3 is 2.53 bits per heavy atom. The van der Waals surface area contributed by atoms with Crippen molar-refractivity contribution < 1.29 is 8.42 Å². The van der Waals surface area contributed by atoms with Gasteiger partial charge < -0.3 is 0 Å². The third-order valence-electron chi connectivity index (χ3n) is 2.40. The fourth-order valence-corrected chi connectivity index (χ4v) is 3.19. The summed E-state index contributed by atoms with van der Waals surface area (Å²) in [5.74, 6) is 0.0761. The van der Waals surface area contributed by atoms with Gasteiger partial charge in [-0.3, -0.25) is 4.99 Å². The van der Waals surface area contributed by atoms with Gasteiger partial charge >= 0.3 is 0 Å². The predicted octanol–water partition coefficient (Wildman–Crippen LogP) is 1.79. The van der Waals surface area contributed by atoms with Crippen molar-refractivity contribution in [3.05, 3.63) is 35.9 Å². The smallest absolute Gasteiger partial charge is 0.195 e. The molecule has 0 spiro atoms. The second kappa shape index (κ2) is 4.14. The summed E-state index contributed by atoms with van der Waals surface area (Å²) in [4.78, 5) is 4.03. The van der Waals surface area contributed by atoms with E-state index in [2.05, 4.69) is 4.99 Å². The molecule has 80 valence electrons. The molecular formula is C11H13NO2S. The predicted molar refractivity (Wildman–Crippen MR) is 60.6 cm³/mol. The van der Waals surface area contributed by atoms with E-state index < -0.39 is 9.84 Å². The minimum Gasteiger partial charge on any atom is -0.278 e. The Hall–Kier alpha value is -1.16. The molecule has 0 N–H and O–H groups in total. The van der Waals surface area contributed by atoms with Crippen LogP contribution in [0.3, 0.4) is 0 Å². The van der Waals surface area contributed by atoms with Crippen LogP contribution in [-0.2, 0) is 15.6 Å². The van der Waals surface area contributed by atoms with E-state index >= 15 is 0 Å². The number of benzene rings is 1. The first-order valence-electron chi connectivity index (χ1n) is 4.98. The molecule has 15 heavy (non-hydrogen) atoms. The highest BCUT2D eigenvalue weighted by atomic mass is 32.2. The van der Waals surface area contributed by atoms with Crippen molar-refractivity contribution in [1.82, 2.24) is 0 Å². The summed E-state index contributed by atoms with van der Waals surface area (Å²) >= 11 is 0. The molecule has 0 aromatic heterocycles. The normalized spacial score (nSPS) is 16.4. The first-order chi connectivity index (χ1) is 7.18. The lowest BCUT2D eigenvalue weighted by Crippen LogP contribution is -2.14. The van der Waals surface area contributed by atoms with Crippen molar-refractivity contribution in [2.45, 2.75) is 18.6 Å². The molecule has 0 amide bonds. The van der Waals surface area contributed by atoms with E-state index in [9.17, 15) is 8.42 Å². The van der Waals surface area contributed by atoms with Gasteiger partial charge in [-0.1, -0.05) is 30.3 Å². The van der Waals surface area contributed by atoms with Gasteiger partial charge in [-0.15, -0.1) is 0 Å². The zero-order chi connectivity index (χ0) is 10.7. The number of aliphatic imine (C=N–C) groups is 1. The molecule has 1 aromatic rings. The minimum absolute atomic E-state index is 0.0761. The zero-order valence-electron chi connectivity index (χ0n) is 8.39. The summed E-state index contributed by atoms with van der Waals surface area (Å²) in [7, 11) is -3.16. The van der Waals surface area contributed by atoms with Crippen LogP contribution in [-0.4, -0.2) is 20.0 Å². The van der Waals surface area contributed by atoms with Crippen molar-refractivity contribution in [3.63, 3.8) is 0 Å². The van der Waals surface area contributed by atoms with Crippen LogP contribution < -0.4 is 0 Å². The van der Waals surface area contributed by atoms with E-state index in [1.807, 2.05) is 30.3 Å². The Balaban J connectivity index is 2.18. The number of sulfone groups is 1. The van der Waals surface area contributed by atoms with Crippen LogP contribution in [0.25, 0.3) is 0 Å². The van der Waals surface area contributed by atoms with Gasteiger partial charge in [-0.25, -0.2) is 8.42 Å². The standard InChI is InChI=1S/C11H13NO2S/c13-15(14,11-7-4-8-12-11)9-10-5-2-1-3-6-10/h1-3,5-6H,4,7-9H2. The van der Waals surface area contributed by atoms with Gasteiger partial charge in [0.1, 0.15) is 5.04 Å². The van der Waals surface area contributed by atoms with Crippen LogP contribution >= 0.6 is 0 Å². The highest BCUT2D eigenvalue weighted by Crippen LogP contribution is 2.14. The lowest BCUT2D eigenvalue weighted by atomic mass is 10.2. The van der Waals surface area contributed by atoms with Crippen LogP contribution in [0, 0.1) is 0 Å². The molecule has 0 aliphatic carbocycles. The third-order valence-corrected chi connectivity index (χ3v) is 4.16. The minimum atomic E-state index is -3.16. The van der Waals surface area contributed by atoms with Crippen molar-refractivity contribution in [1.29, 1.82) is 0 Å². The van der Waals surface area contributed by atoms with E-state index in [-0.39, 0.29) is 5.75 Å². The van der Waals surface area contributed by atoms with Gasteiger partial charge in [0.15, 0.2) is 9.84 Å². The topological polar surface area (TPSA) is 46.5 Å². The molecular weight excluding hydrogens is 210 g/mol. The molecule has 0 fully saturated rings. The molecule has 0 radical (unpaired) electrons. The van der Waals surface area contributed by atoms with Crippen LogP contribution in [0.5, 0.6) is 0 Å².